The second-order valence-electron chi connectivity index (χ2n) is 5.09. The Morgan fingerprint density at radius 2 is 2.00 bits per heavy atom. The lowest BCUT2D eigenvalue weighted by Crippen LogP contribution is -2.12. The normalized spacial score (nSPS) is 12.2. The molecule has 2 N–H and O–H groups in total. The number of halogens is 1. The first-order valence-corrected chi connectivity index (χ1v) is 6.84. The van der Waals surface area contributed by atoms with Crippen LogP contribution in [0.1, 0.15) is 32.4 Å². The number of aromatic nitrogens is 1. The third-order valence-electron chi connectivity index (χ3n) is 2.95. The van der Waals surface area contributed by atoms with Crippen LogP contribution in [0, 0.1) is 5.82 Å². The summed E-state index contributed by atoms with van der Waals surface area (Å²) in [5, 5.41) is 13.0. The Balaban J connectivity index is 2.23. The van der Waals surface area contributed by atoms with Crippen LogP contribution in [0.5, 0.6) is 11.6 Å². The van der Waals surface area contributed by atoms with E-state index < -0.39 is 0 Å². The number of nitrogens with zero attached hydrogens (tertiary/aromatic N) is 1. The summed E-state index contributed by atoms with van der Waals surface area (Å²) in [4.78, 5) is 4.18. The maximum absolute atomic E-state index is 13.3. The maximum atomic E-state index is 13.3. The van der Waals surface area contributed by atoms with Gasteiger partial charge in [0.25, 0.3) is 0 Å². The fourth-order valence-corrected chi connectivity index (χ4v) is 2.00. The molecule has 5 heteroatoms. The molecular weight excluding hydrogens is 271 g/mol. The third-order valence-corrected chi connectivity index (χ3v) is 2.95. The molecule has 0 radical (unpaired) electrons. The van der Waals surface area contributed by atoms with E-state index in [2.05, 4.69) is 10.3 Å². The highest BCUT2D eigenvalue weighted by atomic mass is 19.1. The molecule has 0 spiro atoms. The lowest BCUT2D eigenvalue weighted by Gasteiger charge is -2.19. The summed E-state index contributed by atoms with van der Waals surface area (Å²) in [5.41, 5.74) is 1.18. The van der Waals surface area contributed by atoms with Crippen LogP contribution in [0.2, 0.25) is 0 Å². The fraction of sp³-hybridized carbons (Fsp3) is 0.312. The Kier molecular flexibility index (Phi) is 4.62. The highest BCUT2D eigenvalue weighted by Gasteiger charge is 2.14. The van der Waals surface area contributed by atoms with Gasteiger partial charge < -0.3 is 15.2 Å². The first-order valence-electron chi connectivity index (χ1n) is 6.84. The molecule has 4 nitrogen and oxygen atoms in total. The highest BCUT2D eigenvalue weighted by Crippen LogP contribution is 2.30. The second-order valence-corrected chi connectivity index (χ2v) is 5.09. The molecule has 2 aromatic rings. The molecule has 0 saturated carbocycles. The second kappa shape index (κ2) is 6.43. The number of hydrogen-bond donors (Lipinski definition) is 2. The summed E-state index contributed by atoms with van der Waals surface area (Å²) >= 11 is 0. The molecule has 21 heavy (non-hydrogen) atoms. The molecule has 0 aliphatic heterocycles. The number of phenolic OH excluding ortho intramolecular Hbond substituents is 1. The minimum atomic E-state index is -0.388. The molecule has 1 aromatic heterocycles. The monoisotopic (exact) mass is 290 g/mol. The summed E-state index contributed by atoms with van der Waals surface area (Å²) in [5.74, 6) is 0.142. The Morgan fingerprint density at radius 1 is 1.24 bits per heavy atom. The number of hydrogen-bond acceptors (Lipinski definition) is 4. The number of nitrogens with one attached hydrogen (secondary N) is 1. The van der Waals surface area contributed by atoms with Gasteiger partial charge in [-0.2, -0.15) is 0 Å². The van der Waals surface area contributed by atoms with E-state index in [4.69, 9.17) is 4.74 Å². The highest BCUT2D eigenvalue weighted by molar-refractivity contribution is 5.54. The van der Waals surface area contributed by atoms with Crippen molar-refractivity contribution < 1.29 is 14.2 Å². The molecule has 112 valence electrons. The first-order chi connectivity index (χ1) is 9.97. The molecule has 0 aliphatic rings. The summed E-state index contributed by atoms with van der Waals surface area (Å²) in [6.07, 6.45) is 1.64. The van der Waals surface area contributed by atoms with Gasteiger partial charge in [0.2, 0.25) is 5.88 Å². The summed E-state index contributed by atoms with van der Waals surface area (Å²) in [6, 6.07) is 7.21. The molecule has 1 aromatic carbocycles. The minimum absolute atomic E-state index is 0.00155. The largest absolute Gasteiger partial charge is 0.508 e. The Bertz CT molecular complexity index is 617. The quantitative estimate of drug-likeness (QED) is 0.877. The third kappa shape index (κ3) is 3.84. The smallest absolute Gasteiger partial charge is 0.237 e. The average Bonchev–Trinajstić information content (AvgIpc) is 2.43. The lowest BCUT2D eigenvalue weighted by molar-refractivity contribution is 0.234. The van der Waals surface area contributed by atoms with E-state index in [9.17, 15) is 9.50 Å². The number of anilines is 1. The van der Waals surface area contributed by atoms with Crippen LogP contribution in [0.4, 0.5) is 10.1 Å². The van der Waals surface area contributed by atoms with Crippen LogP contribution in [-0.2, 0) is 0 Å². The molecular formula is C16H19FN2O2. The van der Waals surface area contributed by atoms with Gasteiger partial charge in [0.15, 0.2) is 0 Å². The van der Waals surface area contributed by atoms with Crippen molar-refractivity contribution in [1.82, 2.24) is 4.98 Å². The van der Waals surface area contributed by atoms with Gasteiger partial charge in [0.05, 0.1) is 17.8 Å². The van der Waals surface area contributed by atoms with E-state index in [1.54, 1.807) is 12.3 Å². The maximum Gasteiger partial charge on any atom is 0.237 e. The van der Waals surface area contributed by atoms with Crippen LogP contribution in [-0.4, -0.2) is 16.2 Å². The summed E-state index contributed by atoms with van der Waals surface area (Å²) in [6.45, 7) is 5.67. The van der Waals surface area contributed by atoms with E-state index in [0.717, 1.165) is 0 Å². The fourth-order valence-electron chi connectivity index (χ4n) is 2.00. The molecule has 1 atom stereocenters. The van der Waals surface area contributed by atoms with Gasteiger partial charge in [-0.1, -0.05) is 0 Å². The molecule has 0 aliphatic carbocycles. The predicted molar refractivity (Wildman–Crippen MR) is 80.1 cm³/mol. The van der Waals surface area contributed by atoms with Crippen LogP contribution < -0.4 is 10.1 Å². The number of rotatable bonds is 5. The predicted octanol–water partition coefficient (Wildman–Crippen LogP) is 3.89. The van der Waals surface area contributed by atoms with Gasteiger partial charge in [0.1, 0.15) is 11.6 Å². The van der Waals surface area contributed by atoms with E-state index in [1.165, 1.54) is 18.2 Å². The first kappa shape index (κ1) is 15.1. The van der Waals surface area contributed by atoms with Crippen LogP contribution in [0.25, 0.3) is 0 Å². The van der Waals surface area contributed by atoms with Gasteiger partial charge in [-0.3, -0.25) is 0 Å². The van der Waals surface area contributed by atoms with E-state index in [-0.39, 0.29) is 23.7 Å². The van der Waals surface area contributed by atoms with Gasteiger partial charge in [-0.05, 0) is 51.1 Å². The molecule has 1 unspecified atom stereocenters. The van der Waals surface area contributed by atoms with Crippen molar-refractivity contribution in [1.29, 1.82) is 0 Å². The number of aromatic hydroxyl groups is 1. The van der Waals surface area contributed by atoms with Crippen molar-refractivity contribution in [2.45, 2.75) is 32.9 Å². The van der Waals surface area contributed by atoms with Gasteiger partial charge in [-0.25, -0.2) is 9.37 Å². The van der Waals surface area contributed by atoms with Crippen molar-refractivity contribution in [3.05, 3.63) is 47.9 Å². The Labute approximate surface area is 123 Å². The summed E-state index contributed by atoms with van der Waals surface area (Å²) in [7, 11) is 0. The van der Waals surface area contributed by atoms with Crippen molar-refractivity contribution >= 4 is 5.69 Å². The Hall–Kier alpha value is -2.30. The van der Waals surface area contributed by atoms with Gasteiger partial charge in [0, 0.05) is 11.8 Å². The zero-order chi connectivity index (χ0) is 15.4. The molecule has 0 saturated heterocycles. The van der Waals surface area contributed by atoms with E-state index >= 15 is 0 Å². The van der Waals surface area contributed by atoms with E-state index in [0.29, 0.717) is 17.1 Å². The molecule has 2 rings (SSSR count). The molecule has 0 amide bonds. The number of phenols is 1. The zero-order valence-electron chi connectivity index (χ0n) is 12.3. The molecule has 0 bridgehead atoms. The zero-order valence-corrected chi connectivity index (χ0v) is 12.3. The molecule has 1 heterocycles. The van der Waals surface area contributed by atoms with E-state index in [1.807, 2.05) is 26.8 Å². The van der Waals surface area contributed by atoms with Crippen molar-refractivity contribution in [2.24, 2.45) is 0 Å². The van der Waals surface area contributed by atoms with Crippen LogP contribution in [0.15, 0.2) is 36.5 Å². The topological polar surface area (TPSA) is 54.4 Å². The molecule has 0 fully saturated rings. The standard InChI is InChI=1S/C16H19FN2O2/c1-10(2)21-16-14(5-4-8-18-16)19-11(3)13-9-12(17)6-7-15(13)20/h4-11,19-20H,1-3H3. The van der Waals surface area contributed by atoms with Gasteiger partial charge in [-0.15, -0.1) is 0 Å². The van der Waals surface area contributed by atoms with Crippen LogP contribution >= 0.6 is 0 Å². The number of pyridine rings is 1. The van der Waals surface area contributed by atoms with Crippen molar-refractivity contribution in [3.8, 4) is 11.6 Å². The number of benzene rings is 1. The lowest BCUT2D eigenvalue weighted by atomic mass is 10.1. The summed E-state index contributed by atoms with van der Waals surface area (Å²) < 4.78 is 18.9. The van der Waals surface area contributed by atoms with Crippen molar-refractivity contribution in [3.63, 3.8) is 0 Å². The van der Waals surface area contributed by atoms with Crippen molar-refractivity contribution in [2.75, 3.05) is 5.32 Å². The average molecular weight is 290 g/mol. The minimum Gasteiger partial charge on any atom is -0.508 e. The SMILES string of the molecule is CC(C)Oc1ncccc1NC(C)c1cc(F)ccc1O. The van der Waals surface area contributed by atoms with Crippen LogP contribution in [0.3, 0.4) is 0 Å². The van der Waals surface area contributed by atoms with Gasteiger partial charge >= 0.3 is 0 Å². The number of ether oxygens (including phenoxy) is 1. The Morgan fingerprint density at radius 3 is 2.71 bits per heavy atom.